The highest BCUT2D eigenvalue weighted by Gasteiger charge is 2.34. The van der Waals surface area contributed by atoms with Gasteiger partial charge in [0.25, 0.3) is 5.78 Å². The van der Waals surface area contributed by atoms with Gasteiger partial charge in [-0.25, -0.2) is 0 Å². The van der Waals surface area contributed by atoms with Gasteiger partial charge in [-0.15, -0.1) is 0 Å². The van der Waals surface area contributed by atoms with Gasteiger partial charge >= 0.3 is 5.90 Å². The number of carbonyl (C=O) groups excluding carboxylic acids is 1. The van der Waals surface area contributed by atoms with Crippen molar-refractivity contribution in [2.75, 3.05) is 14.2 Å². The number of hydrogen-bond acceptors (Lipinski definition) is 6. The minimum atomic E-state index is -0.517. The average Bonchev–Trinajstić information content (AvgIpc) is 2.65. The van der Waals surface area contributed by atoms with Crippen LogP contribution < -0.4 is 14.2 Å². The molecule has 2 rings (SSSR count). The Morgan fingerprint density at radius 2 is 2.06 bits per heavy atom. The Bertz CT molecular complexity index is 480. The molecule has 1 aromatic carbocycles. The lowest BCUT2D eigenvalue weighted by Crippen LogP contribution is -2.12. The van der Waals surface area contributed by atoms with Gasteiger partial charge in [0.2, 0.25) is 0 Å². The van der Waals surface area contributed by atoms with E-state index in [0.29, 0.717) is 11.5 Å². The van der Waals surface area contributed by atoms with E-state index in [4.69, 9.17) is 19.4 Å². The number of Topliss-reactive ketones (excluding diaryl/α,β-unsaturated/α-hetero) is 1. The van der Waals surface area contributed by atoms with E-state index in [1.54, 1.807) is 6.07 Å². The Hall–Kier alpha value is -2.24. The molecule has 1 N–H and O–H groups in total. The van der Waals surface area contributed by atoms with Crippen LogP contribution in [0.3, 0.4) is 0 Å². The maximum Gasteiger partial charge on any atom is 0.304 e. The van der Waals surface area contributed by atoms with E-state index in [0.717, 1.165) is 0 Å². The molecular weight excluding hydrogens is 214 g/mol. The fourth-order valence-corrected chi connectivity index (χ4v) is 1.47. The molecule has 1 aliphatic rings. The summed E-state index contributed by atoms with van der Waals surface area (Å²) >= 11 is 0. The van der Waals surface area contributed by atoms with Gasteiger partial charge in [-0.1, -0.05) is 0 Å². The van der Waals surface area contributed by atoms with Gasteiger partial charge in [0.05, 0.1) is 14.2 Å². The average molecular weight is 223 g/mol. The summed E-state index contributed by atoms with van der Waals surface area (Å²) in [4.78, 5) is 11.7. The van der Waals surface area contributed by atoms with Gasteiger partial charge in [0.15, 0.2) is 0 Å². The number of oxime groups is 1. The van der Waals surface area contributed by atoms with Crippen molar-refractivity contribution in [3.63, 3.8) is 0 Å². The van der Waals surface area contributed by atoms with E-state index in [1.165, 1.54) is 20.3 Å². The van der Waals surface area contributed by atoms with Crippen LogP contribution in [0, 0.1) is 0 Å². The van der Waals surface area contributed by atoms with Crippen molar-refractivity contribution in [3.8, 4) is 17.2 Å². The number of fused-ring (bicyclic) bond motifs is 1. The van der Waals surface area contributed by atoms with Crippen molar-refractivity contribution in [2.24, 2.45) is 5.16 Å². The van der Waals surface area contributed by atoms with E-state index in [-0.39, 0.29) is 17.2 Å². The number of methoxy groups -OCH3 is 2. The molecule has 1 heterocycles. The molecule has 0 spiro atoms. The lowest BCUT2D eigenvalue weighted by molar-refractivity contribution is 0.105. The summed E-state index contributed by atoms with van der Waals surface area (Å²) in [6.45, 7) is 0. The number of benzene rings is 1. The second-order valence-corrected chi connectivity index (χ2v) is 3.04. The summed E-state index contributed by atoms with van der Waals surface area (Å²) in [5.41, 5.74) is 0.233. The minimum absolute atomic E-state index is 0.233. The van der Waals surface area contributed by atoms with E-state index in [9.17, 15) is 4.79 Å². The Kier molecular flexibility index (Phi) is 2.40. The van der Waals surface area contributed by atoms with Crippen LogP contribution >= 0.6 is 0 Å². The zero-order valence-electron chi connectivity index (χ0n) is 8.68. The Balaban J connectivity index is 2.60. The first-order valence-corrected chi connectivity index (χ1v) is 4.42. The maximum absolute atomic E-state index is 11.7. The van der Waals surface area contributed by atoms with Crippen molar-refractivity contribution < 1.29 is 24.2 Å². The molecule has 0 amide bonds. The van der Waals surface area contributed by atoms with Gasteiger partial charge in [-0.3, -0.25) is 4.79 Å². The normalized spacial score (nSPS) is 15.9. The molecule has 0 aliphatic carbocycles. The Morgan fingerprint density at radius 3 is 2.62 bits per heavy atom. The number of hydrogen-bond donors (Lipinski definition) is 1. The zero-order valence-corrected chi connectivity index (χ0v) is 8.68. The Labute approximate surface area is 91.0 Å². The van der Waals surface area contributed by atoms with Crippen LogP contribution in [0.1, 0.15) is 10.4 Å². The molecule has 0 unspecified atom stereocenters. The molecule has 84 valence electrons. The SMILES string of the molecule is COc1cc(OC)c2c(c1)OC(=NO)C2=O. The van der Waals surface area contributed by atoms with E-state index < -0.39 is 5.78 Å². The smallest absolute Gasteiger partial charge is 0.304 e. The monoisotopic (exact) mass is 223 g/mol. The molecule has 0 radical (unpaired) electrons. The van der Waals surface area contributed by atoms with Gasteiger partial charge in [-0.05, 0) is 5.16 Å². The highest BCUT2D eigenvalue weighted by molar-refractivity contribution is 6.47. The fraction of sp³-hybridized carbons (Fsp3) is 0.200. The summed E-state index contributed by atoms with van der Waals surface area (Å²) in [6.07, 6.45) is 0. The fourth-order valence-electron chi connectivity index (χ4n) is 1.47. The zero-order chi connectivity index (χ0) is 11.7. The molecule has 1 aliphatic heterocycles. The van der Waals surface area contributed by atoms with E-state index in [1.807, 2.05) is 0 Å². The number of rotatable bonds is 2. The second kappa shape index (κ2) is 3.73. The first-order valence-electron chi connectivity index (χ1n) is 4.42. The van der Waals surface area contributed by atoms with Crippen LogP contribution in [0.2, 0.25) is 0 Å². The van der Waals surface area contributed by atoms with Crippen LogP contribution in [0.4, 0.5) is 0 Å². The third-order valence-electron chi connectivity index (χ3n) is 2.21. The van der Waals surface area contributed by atoms with Crippen LogP contribution in [-0.2, 0) is 0 Å². The van der Waals surface area contributed by atoms with Gasteiger partial charge < -0.3 is 19.4 Å². The number of ether oxygens (including phenoxy) is 3. The van der Waals surface area contributed by atoms with E-state index in [2.05, 4.69) is 5.16 Å². The summed E-state index contributed by atoms with van der Waals surface area (Å²) in [6, 6.07) is 3.08. The molecule has 6 nitrogen and oxygen atoms in total. The largest absolute Gasteiger partial charge is 0.496 e. The topological polar surface area (TPSA) is 77.3 Å². The van der Waals surface area contributed by atoms with Crippen LogP contribution in [-0.4, -0.2) is 31.1 Å². The molecule has 0 fully saturated rings. The molecule has 0 atom stereocenters. The van der Waals surface area contributed by atoms with Crippen molar-refractivity contribution in [2.45, 2.75) is 0 Å². The van der Waals surface area contributed by atoms with Crippen molar-refractivity contribution in [3.05, 3.63) is 17.7 Å². The molecular formula is C10H9NO5. The molecule has 0 saturated heterocycles. The molecule has 0 saturated carbocycles. The predicted molar refractivity (Wildman–Crippen MR) is 53.7 cm³/mol. The lowest BCUT2D eigenvalue weighted by atomic mass is 10.1. The maximum atomic E-state index is 11.7. The second-order valence-electron chi connectivity index (χ2n) is 3.04. The number of ketones is 1. The standard InChI is InChI=1S/C10H9NO5/c1-14-5-3-6(15-2)8-7(4-5)16-10(11-13)9(8)12/h3-4,13H,1-2H3. The van der Waals surface area contributed by atoms with E-state index >= 15 is 0 Å². The van der Waals surface area contributed by atoms with Crippen molar-refractivity contribution in [1.82, 2.24) is 0 Å². The highest BCUT2D eigenvalue weighted by Crippen LogP contribution is 2.38. The van der Waals surface area contributed by atoms with Crippen LogP contribution in [0.25, 0.3) is 0 Å². The molecule has 0 bridgehead atoms. The summed E-state index contributed by atoms with van der Waals surface area (Å²) in [5.74, 6) is 0.174. The molecule has 16 heavy (non-hydrogen) atoms. The van der Waals surface area contributed by atoms with Crippen molar-refractivity contribution >= 4 is 11.7 Å². The highest BCUT2D eigenvalue weighted by atomic mass is 16.5. The quantitative estimate of drug-likeness (QED) is 0.599. The molecule has 1 aromatic rings. The number of nitrogens with zero attached hydrogens (tertiary/aromatic N) is 1. The van der Waals surface area contributed by atoms with Crippen LogP contribution in [0.5, 0.6) is 17.2 Å². The minimum Gasteiger partial charge on any atom is -0.496 e. The van der Waals surface area contributed by atoms with Gasteiger partial charge in [0, 0.05) is 12.1 Å². The van der Waals surface area contributed by atoms with Crippen LogP contribution in [0.15, 0.2) is 17.3 Å². The first kappa shape index (κ1) is 10.3. The molecule has 6 heteroatoms. The third kappa shape index (κ3) is 1.35. The van der Waals surface area contributed by atoms with Crippen molar-refractivity contribution in [1.29, 1.82) is 0 Å². The third-order valence-corrected chi connectivity index (χ3v) is 2.21. The summed E-state index contributed by atoms with van der Waals surface area (Å²) < 4.78 is 15.1. The van der Waals surface area contributed by atoms with Gasteiger partial charge in [0.1, 0.15) is 22.8 Å². The Morgan fingerprint density at radius 1 is 1.31 bits per heavy atom. The lowest BCUT2D eigenvalue weighted by Gasteiger charge is -2.06. The molecule has 0 aromatic heterocycles. The summed E-state index contributed by atoms with van der Waals surface area (Å²) in [5, 5.41) is 11.3. The predicted octanol–water partition coefficient (Wildman–Crippen LogP) is 1.07. The number of carbonyl (C=O) groups is 1. The van der Waals surface area contributed by atoms with Gasteiger partial charge in [-0.2, -0.15) is 0 Å². The summed E-state index contributed by atoms with van der Waals surface area (Å²) in [7, 11) is 2.91. The first-order chi connectivity index (χ1) is 7.71.